The van der Waals surface area contributed by atoms with Gasteiger partial charge in [0.2, 0.25) is 0 Å². The van der Waals surface area contributed by atoms with Crippen LogP contribution >= 0.6 is 0 Å². The number of hydrogen-bond acceptors (Lipinski definition) is 6. The van der Waals surface area contributed by atoms with Crippen LogP contribution in [0.3, 0.4) is 0 Å². The fraction of sp³-hybridized carbons (Fsp3) is 0.0435. The molecule has 0 radical (unpaired) electrons. The van der Waals surface area contributed by atoms with Gasteiger partial charge < -0.3 is 0 Å². The average Bonchev–Trinajstić information content (AvgIpc) is 2.84. The Morgan fingerprint density at radius 2 is 1.64 bits per heavy atom. The molecule has 5 rings (SSSR count). The lowest BCUT2D eigenvalue weighted by molar-refractivity contribution is -0.141. The van der Waals surface area contributed by atoms with Crippen LogP contribution in [-0.4, -0.2) is 29.5 Å². The first-order valence-corrected chi connectivity index (χ1v) is 9.68. The number of hydrogen-bond donors (Lipinski definition) is 0. The highest BCUT2D eigenvalue weighted by atomic mass is 19.4. The topological polar surface area (TPSA) is 86.5 Å². The minimum absolute atomic E-state index is 0.241. The van der Waals surface area contributed by atoms with Crippen LogP contribution in [0.2, 0.25) is 0 Å². The van der Waals surface area contributed by atoms with E-state index in [2.05, 4.69) is 24.9 Å². The van der Waals surface area contributed by atoms with E-state index in [1.807, 2.05) is 0 Å². The van der Waals surface area contributed by atoms with E-state index in [0.717, 1.165) is 12.3 Å². The first kappa shape index (κ1) is 20.4. The third-order valence-electron chi connectivity index (χ3n) is 4.95. The van der Waals surface area contributed by atoms with E-state index in [-0.39, 0.29) is 16.6 Å². The summed E-state index contributed by atoms with van der Waals surface area (Å²) in [7, 11) is 0. The fourth-order valence-corrected chi connectivity index (χ4v) is 3.37. The SMILES string of the molecule is O=c1c2cc(-c3ccc(C(F)(F)F)nc3)nc(-c3cccnc3)c2ncn1-c1cccnc1. The van der Waals surface area contributed by atoms with Crippen molar-refractivity contribution in [3.8, 4) is 28.2 Å². The van der Waals surface area contributed by atoms with Crippen LogP contribution < -0.4 is 5.56 Å². The van der Waals surface area contributed by atoms with Gasteiger partial charge in [0, 0.05) is 35.9 Å². The molecule has 0 aliphatic rings. The molecule has 0 fully saturated rings. The lowest BCUT2D eigenvalue weighted by atomic mass is 10.1. The van der Waals surface area contributed by atoms with Gasteiger partial charge in [0.05, 0.1) is 28.7 Å². The molecule has 33 heavy (non-hydrogen) atoms. The first-order chi connectivity index (χ1) is 15.9. The predicted molar refractivity (Wildman–Crippen MR) is 114 cm³/mol. The van der Waals surface area contributed by atoms with E-state index in [0.29, 0.717) is 28.0 Å². The summed E-state index contributed by atoms with van der Waals surface area (Å²) in [5, 5.41) is 0.241. The van der Waals surface area contributed by atoms with Crippen molar-refractivity contribution in [1.29, 1.82) is 0 Å². The second-order valence-electron chi connectivity index (χ2n) is 7.05. The summed E-state index contributed by atoms with van der Waals surface area (Å²) in [6.07, 6.45) is 4.20. The molecule has 0 atom stereocenters. The zero-order valence-electron chi connectivity index (χ0n) is 16.7. The van der Waals surface area contributed by atoms with Crippen molar-refractivity contribution in [2.24, 2.45) is 0 Å². The molecule has 0 aromatic carbocycles. The molecule has 10 heteroatoms. The monoisotopic (exact) mass is 446 g/mol. The molecule has 0 saturated carbocycles. The number of nitrogens with zero attached hydrogens (tertiary/aromatic N) is 6. The molecular weight excluding hydrogens is 433 g/mol. The Morgan fingerprint density at radius 1 is 0.848 bits per heavy atom. The van der Waals surface area contributed by atoms with E-state index in [9.17, 15) is 18.0 Å². The number of halogens is 3. The zero-order valence-corrected chi connectivity index (χ0v) is 16.7. The smallest absolute Gasteiger partial charge is 0.268 e. The first-order valence-electron chi connectivity index (χ1n) is 9.68. The van der Waals surface area contributed by atoms with Crippen LogP contribution in [0.5, 0.6) is 0 Å². The van der Waals surface area contributed by atoms with Crippen molar-refractivity contribution in [3.63, 3.8) is 0 Å². The molecule has 5 aromatic rings. The maximum absolute atomic E-state index is 13.4. The lowest BCUT2D eigenvalue weighted by Crippen LogP contribution is -2.19. The summed E-state index contributed by atoms with van der Waals surface area (Å²) in [5.74, 6) is 0. The predicted octanol–water partition coefficient (Wildman–Crippen LogP) is 4.32. The van der Waals surface area contributed by atoms with Gasteiger partial charge in [0.1, 0.15) is 17.5 Å². The lowest BCUT2D eigenvalue weighted by Gasteiger charge is -2.12. The molecular formula is C23H13F3N6O. The van der Waals surface area contributed by atoms with E-state index in [1.165, 1.54) is 29.2 Å². The molecule has 0 aliphatic carbocycles. The molecule has 5 heterocycles. The maximum Gasteiger partial charge on any atom is 0.433 e. The summed E-state index contributed by atoms with van der Waals surface area (Å²) >= 11 is 0. The number of rotatable bonds is 3. The highest BCUT2D eigenvalue weighted by molar-refractivity contribution is 5.93. The Balaban J connectivity index is 1.76. The summed E-state index contributed by atoms with van der Waals surface area (Å²) in [6.45, 7) is 0. The number of pyridine rings is 4. The summed E-state index contributed by atoms with van der Waals surface area (Å²) in [5.41, 5.74) is 1.07. The molecule has 7 nitrogen and oxygen atoms in total. The van der Waals surface area contributed by atoms with Crippen molar-refractivity contribution >= 4 is 10.9 Å². The van der Waals surface area contributed by atoms with Gasteiger partial charge in [-0.3, -0.25) is 24.3 Å². The van der Waals surface area contributed by atoms with E-state index in [4.69, 9.17) is 0 Å². The molecule has 0 aliphatic heterocycles. The van der Waals surface area contributed by atoms with Crippen LogP contribution in [0.15, 0.2) is 84.6 Å². The van der Waals surface area contributed by atoms with Gasteiger partial charge in [0.15, 0.2) is 0 Å². The van der Waals surface area contributed by atoms with E-state index < -0.39 is 11.9 Å². The van der Waals surface area contributed by atoms with Gasteiger partial charge in [-0.2, -0.15) is 13.2 Å². The van der Waals surface area contributed by atoms with Gasteiger partial charge in [-0.1, -0.05) is 0 Å². The second kappa shape index (κ2) is 7.90. The number of fused-ring (bicyclic) bond motifs is 1. The van der Waals surface area contributed by atoms with Crippen LogP contribution in [0.4, 0.5) is 13.2 Å². The van der Waals surface area contributed by atoms with Gasteiger partial charge in [0.25, 0.3) is 5.56 Å². The fourth-order valence-electron chi connectivity index (χ4n) is 3.37. The van der Waals surface area contributed by atoms with Crippen LogP contribution in [0, 0.1) is 0 Å². The quantitative estimate of drug-likeness (QED) is 0.410. The minimum Gasteiger partial charge on any atom is -0.268 e. The van der Waals surface area contributed by atoms with Crippen molar-refractivity contribution in [1.82, 2.24) is 29.5 Å². The van der Waals surface area contributed by atoms with Crippen molar-refractivity contribution in [3.05, 3.63) is 95.8 Å². The van der Waals surface area contributed by atoms with E-state index >= 15 is 0 Å². The van der Waals surface area contributed by atoms with Crippen LogP contribution in [0.25, 0.3) is 39.1 Å². The third kappa shape index (κ3) is 3.82. The Morgan fingerprint density at radius 3 is 2.27 bits per heavy atom. The second-order valence-corrected chi connectivity index (χ2v) is 7.05. The normalized spacial score (nSPS) is 11.6. The molecule has 0 amide bonds. The summed E-state index contributed by atoms with van der Waals surface area (Å²) in [6, 6.07) is 10.5. The van der Waals surface area contributed by atoms with Crippen LogP contribution in [-0.2, 0) is 6.18 Å². The molecule has 0 unspecified atom stereocenters. The standard InChI is InChI=1S/C23H13F3N6O/c24-23(25,26)19-6-5-14(11-29-19)18-9-17-21(20(31-18)15-3-1-7-27-10-15)30-13-32(22(17)33)16-4-2-8-28-12-16/h1-13H. The molecule has 162 valence electrons. The van der Waals surface area contributed by atoms with Crippen molar-refractivity contribution < 1.29 is 13.2 Å². The Labute approximate surface area is 184 Å². The number of aromatic nitrogens is 6. The van der Waals surface area contributed by atoms with Crippen LogP contribution in [0.1, 0.15) is 5.69 Å². The third-order valence-corrected chi connectivity index (χ3v) is 4.95. The maximum atomic E-state index is 13.4. The highest BCUT2D eigenvalue weighted by Gasteiger charge is 2.32. The van der Waals surface area contributed by atoms with Crippen molar-refractivity contribution in [2.45, 2.75) is 6.18 Å². The van der Waals surface area contributed by atoms with Gasteiger partial charge in [-0.25, -0.2) is 9.97 Å². The number of alkyl halides is 3. The molecule has 0 N–H and O–H groups in total. The molecule has 0 bridgehead atoms. The summed E-state index contributed by atoms with van der Waals surface area (Å²) in [4.78, 5) is 34.1. The van der Waals surface area contributed by atoms with E-state index in [1.54, 1.807) is 42.9 Å². The average molecular weight is 446 g/mol. The zero-order chi connectivity index (χ0) is 23.0. The Kier molecular flexibility index (Phi) is 4.89. The van der Waals surface area contributed by atoms with Gasteiger partial charge >= 0.3 is 6.18 Å². The Bertz CT molecular complexity index is 1500. The largest absolute Gasteiger partial charge is 0.433 e. The summed E-state index contributed by atoms with van der Waals surface area (Å²) < 4.78 is 40.1. The molecule has 0 saturated heterocycles. The Hall–Kier alpha value is -4.47. The molecule has 0 spiro atoms. The highest BCUT2D eigenvalue weighted by Crippen LogP contribution is 2.31. The molecule has 5 aromatic heterocycles. The van der Waals surface area contributed by atoms with Gasteiger partial charge in [-0.05, 0) is 42.5 Å². The van der Waals surface area contributed by atoms with Gasteiger partial charge in [-0.15, -0.1) is 0 Å². The minimum atomic E-state index is -4.56. The van der Waals surface area contributed by atoms with Crippen molar-refractivity contribution in [2.75, 3.05) is 0 Å².